The van der Waals surface area contributed by atoms with Crippen LogP contribution in [0, 0.1) is 6.92 Å². The summed E-state index contributed by atoms with van der Waals surface area (Å²) in [6, 6.07) is 14.1. The molecule has 1 aliphatic rings. The van der Waals surface area contributed by atoms with Crippen molar-refractivity contribution in [1.29, 1.82) is 0 Å². The number of nitrogens with one attached hydrogen (secondary N) is 2. The van der Waals surface area contributed by atoms with Crippen LogP contribution in [0.5, 0.6) is 5.75 Å². The molecule has 0 radical (unpaired) electrons. The minimum absolute atomic E-state index is 0.0314. The van der Waals surface area contributed by atoms with Gasteiger partial charge in [-0.25, -0.2) is 8.42 Å². The van der Waals surface area contributed by atoms with Crippen LogP contribution in [0.15, 0.2) is 64.0 Å². The summed E-state index contributed by atoms with van der Waals surface area (Å²) in [6.45, 7) is 2.93. The Labute approximate surface area is 185 Å². The van der Waals surface area contributed by atoms with Crippen LogP contribution >= 0.6 is 0 Å². The number of amides is 1. The molecule has 1 aliphatic heterocycles. The van der Waals surface area contributed by atoms with Crippen molar-refractivity contribution in [3.8, 4) is 5.75 Å². The molecule has 1 atom stereocenters. The number of carbonyl (C=O) groups is 1. The van der Waals surface area contributed by atoms with Gasteiger partial charge in [0, 0.05) is 23.9 Å². The summed E-state index contributed by atoms with van der Waals surface area (Å²) in [7, 11) is -3.82. The highest BCUT2D eigenvalue weighted by atomic mass is 32.2. The first kappa shape index (κ1) is 21.8. The number of rotatable bonds is 8. The fourth-order valence-corrected chi connectivity index (χ4v) is 4.18. The minimum Gasteiger partial charge on any atom is -0.491 e. The summed E-state index contributed by atoms with van der Waals surface area (Å²) in [5.41, 5.74) is 0.916. The van der Waals surface area contributed by atoms with Crippen LogP contribution in [0.4, 0.5) is 11.5 Å². The number of benzene rings is 2. The SMILES string of the molecule is Cc1cc(NS(=O)(=O)c2ccc(NC(=O)c3ccc(OCC4CCCO4)cc3)cc2)no1. The molecule has 4 rings (SSSR count). The molecule has 32 heavy (non-hydrogen) atoms. The lowest BCUT2D eigenvalue weighted by molar-refractivity contribution is 0.0679. The first-order valence-corrected chi connectivity index (χ1v) is 11.6. The lowest BCUT2D eigenvalue weighted by Gasteiger charge is -2.12. The number of sulfonamides is 1. The Bertz CT molecular complexity index is 1170. The lowest BCUT2D eigenvalue weighted by Crippen LogP contribution is -2.16. The number of carbonyl (C=O) groups excluding carboxylic acids is 1. The third-order valence-electron chi connectivity index (χ3n) is 4.87. The highest BCUT2D eigenvalue weighted by Crippen LogP contribution is 2.20. The molecule has 168 valence electrons. The molecule has 1 saturated heterocycles. The maximum Gasteiger partial charge on any atom is 0.263 e. The molecule has 0 aliphatic carbocycles. The maximum atomic E-state index is 12.5. The van der Waals surface area contributed by atoms with Gasteiger partial charge in [0.1, 0.15) is 18.1 Å². The van der Waals surface area contributed by atoms with Gasteiger partial charge in [0.15, 0.2) is 5.82 Å². The summed E-state index contributed by atoms with van der Waals surface area (Å²) in [4.78, 5) is 12.5. The Kier molecular flexibility index (Phi) is 6.42. The monoisotopic (exact) mass is 457 g/mol. The van der Waals surface area contributed by atoms with E-state index in [1.165, 1.54) is 30.3 Å². The van der Waals surface area contributed by atoms with E-state index in [0.717, 1.165) is 19.4 Å². The molecule has 9 nitrogen and oxygen atoms in total. The van der Waals surface area contributed by atoms with Gasteiger partial charge in [-0.15, -0.1) is 0 Å². The highest BCUT2D eigenvalue weighted by molar-refractivity contribution is 7.92. The third-order valence-corrected chi connectivity index (χ3v) is 6.24. The summed E-state index contributed by atoms with van der Waals surface area (Å²) in [5, 5.41) is 6.36. The van der Waals surface area contributed by atoms with E-state index >= 15 is 0 Å². The molecule has 1 aromatic heterocycles. The fraction of sp³-hybridized carbons (Fsp3) is 0.273. The van der Waals surface area contributed by atoms with E-state index in [0.29, 0.717) is 29.4 Å². The average molecular weight is 458 g/mol. The van der Waals surface area contributed by atoms with Crippen LogP contribution in [-0.2, 0) is 14.8 Å². The molecular weight excluding hydrogens is 434 g/mol. The molecule has 1 fully saturated rings. The molecular formula is C22H23N3O6S. The first-order valence-electron chi connectivity index (χ1n) is 10.1. The van der Waals surface area contributed by atoms with Crippen molar-refractivity contribution in [1.82, 2.24) is 5.16 Å². The summed E-state index contributed by atoms with van der Waals surface area (Å²) < 4.78 is 43.3. The van der Waals surface area contributed by atoms with E-state index < -0.39 is 10.0 Å². The summed E-state index contributed by atoms with van der Waals surface area (Å²) in [6.07, 6.45) is 2.18. The second kappa shape index (κ2) is 9.41. The quantitative estimate of drug-likeness (QED) is 0.530. The smallest absolute Gasteiger partial charge is 0.263 e. The molecule has 3 aromatic rings. The highest BCUT2D eigenvalue weighted by Gasteiger charge is 2.17. The van der Waals surface area contributed by atoms with Gasteiger partial charge in [0.05, 0.1) is 11.0 Å². The summed E-state index contributed by atoms with van der Waals surface area (Å²) >= 11 is 0. The third kappa shape index (κ3) is 5.45. The number of anilines is 2. The minimum atomic E-state index is -3.82. The van der Waals surface area contributed by atoms with Gasteiger partial charge in [0.25, 0.3) is 15.9 Å². The molecule has 2 heterocycles. The molecule has 0 saturated carbocycles. The van der Waals surface area contributed by atoms with E-state index in [2.05, 4.69) is 15.2 Å². The Hall–Kier alpha value is -3.37. The zero-order chi connectivity index (χ0) is 22.6. The second-order valence-corrected chi connectivity index (χ2v) is 9.06. The maximum absolute atomic E-state index is 12.5. The Balaban J connectivity index is 1.34. The molecule has 1 unspecified atom stereocenters. The number of aromatic nitrogens is 1. The van der Waals surface area contributed by atoms with E-state index in [-0.39, 0.29) is 22.7 Å². The van der Waals surface area contributed by atoms with Crippen molar-refractivity contribution in [2.75, 3.05) is 23.3 Å². The van der Waals surface area contributed by atoms with Crippen molar-refractivity contribution in [3.63, 3.8) is 0 Å². The zero-order valence-corrected chi connectivity index (χ0v) is 18.2. The van der Waals surface area contributed by atoms with Gasteiger partial charge in [-0.1, -0.05) is 5.16 Å². The van der Waals surface area contributed by atoms with Gasteiger partial charge >= 0.3 is 0 Å². The van der Waals surface area contributed by atoms with Crippen molar-refractivity contribution >= 4 is 27.4 Å². The van der Waals surface area contributed by atoms with E-state index in [9.17, 15) is 13.2 Å². The standard InChI is InChI=1S/C22H23N3O6S/c1-15-13-21(24-31-15)25-32(27,28)20-10-6-17(7-11-20)23-22(26)16-4-8-18(9-5-16)30-14-19-3-2-12-29-19/h4-11,13,19H,2-3,12,14H2,1H3,(H,23,26)(H,24,25). The second-order valence-electron chi connectivity index (χ2n) is 7.38. The van der Waals surface area contributed by atoms with Crippen LogP contribution in [0.1, 0.15) is 29.0 Å². The number of ether oxygens (including phenoxy) is 2. The van der Waals surface area contributed by atoms with Crippen LogP contribution in [-0.4, -0.2) is 38.8 Å². The number of aryl methyl sites for hydroxylation is 1. The largest absolute Gasteiger partial charge is 0.491 e. The fourth-order valence-electron chi connectivity index (χ4n) is 3.20. The lowest BCUT2D eigenvalue weighted by atomic mass is 10.2. The molecule has 2 aromatic carbocycles. The van der Waals surface area contributed by atoms with Gasteiger partial charge in [-0.2, -0.15) is 0 Å². The van der Waals surface area contributed by atoms with Crippen LogP contribution in [0.2, 0.25) is 0 Å². The van der Waals surface area contributed by atoms with Crippen molar-refractivity contribution < 1.29 is 27.2 Å². The summed E-state index contributed by atoms with van der Waals surface area (Å²) in [5.74, 6) is 0.940. The first-order chi connectivity index (χ1) is 15.4. The van der Waals surface area contributed by atoms with Gasteiger partial charge in [-0.05, 0) is 68.3 Å². The van der Waals surface area contributed by atoms with Crippen molar-refractivity contribution in [3.05, 3.63) is 65.9 Å². The number of hydrogen-bond donors (Lipinski definition) is 2. The van der Waals surface area contributed by atoms with Gasteiger partial charge in [-0.3, -0.25) is 9.52 Å². The van der Waals surface area contributed by atoms with E-state index in [1.807, 2.05) is 0 Å². The normalized spacial score (nSPS) is 16.0. The molecule has 1 amide bonds. The van der Waals surface area contributed by atoms with E-state index in [1.54, 1.807) is 31.2 Å². The van der Waals surface area contributed by atoms with Gasteiger partial charge < -0.3 is 19.3 Å². The van der Waals surface area contributed by atoms with E-state index in [4.69, 9.17) is 14.0 Å². The molecule has 2 N–H and O–H groups in total. The predicted octanol–water partition coefficient (Wildman–Crippen LogP) is 3.59. The van der Waals surface area contributed by atoms with Gasteiger partial charge in [0.2, 0.25) is 0 Å². The van der Waals surface area contributed by atoms with Crippen LogP contribution < -0.4 is 14.8 Å². The Morgan fingerprint density at radius 1 is 1.16 bits per heavy atom. The predicted molar refractivity (Wildman–Crippen MR) is 117 cm³/mol. The van der Waals surface area contributed by atoms with Crippen molar-refractivity contribution in [2.45, 2.75) is 30.8 Å². The topological polar surface area (TPSA) is 120 Å². The van der Waals surface area contributed by atoms with Crippen molar-refractivity contribution in [2.24, 2.45) is 0 Å². The molecule has 10 heteroatoms. The van der Waals surface area contributed by atoms with Crippen LogP contribution in [0.3, 0.4) is 0 Å². The number of hydrogen-bond acceptors (Lipinski definition) is 7. The average Bonchev–Trinajstić information content (AvgIpc) is 3.44. The Morgan fingerprint density at radius 2 is 1.91 bits per heavy atom. The Morgan fingerprint density at radius 3 is 2.53 bits per heavy atom. The molecule has 0 spiro atoms. The van der Waals surface area contributed by atoms with Crippen LogP contribution in [0.25, 0.3) is 0 Å². The number of nitrogens with zero attached hydrogens (tertiary/aromatic N) is 1. The zero-order valence-electron chi connectivity index (χ0n) is 17.4. The molecule has 0 bridgehead atoms.